The van der Waals surface area contributed by atoms with Gasteiger partial charge < -0.3 is 28.6 Å². The van der Waals surface area contributed by atoms with E-state index in [0.29, 0.717) is 33.3 Å². The van der Waals surface area contributed by atoms with Crippen molar-refractivity contribution in [2.24, 2.45) is 0 Å². The molecule has 0 fully saturated rings. The van der Waals surface area contributed by atoms with Gasteiger partial charge in [-0.2, -0.15) is 5.26 Å². The molecule has 2 aliphatic heterocycles. The first-order valence-corrected chi connectivity index (χ1v) is 11.1. The van der Waals surface area contributed by atoms with Crippen LogP contribution in [0.15, 0.2) is 47.9 Å². The van der Waals surface area contributed by atoms with Gasteiger partial charge in [0.2, 0.25) is 12.7 Å². The maximum Gasteiger partial charge on any atom is 0.426 e. The molecule has 1 unspecified atom stereocenters. The van der Waals surface area contributed by atoms with Gasteiger partial charge in [0.1, 0.15) is 17.4 Å². The molecule has 0 bridgehead atoms. The van der Waals surface area contributed by atoms with Crippen LogP contribution in [-0.2, 0) is 9.47 Å². The zero-order valence-electron chi connectivity index (χ0n) is 19.9. The number of nitriles is 1. The number of benzene rings is 2. The molecule has 0 spiro atoms. The first-order valence-electron chi connectivity index (χ1n) is 11.1. The van der Waals surface area contributed by atoms with Gasteiger partial charge in [-0.15, -0.1) is 4.90 Å². The highest BCUT2D eigenvalue weighted by Crippen LogP contribution is 2.47. The lowest BCUT2D eigenvalue weighted by Crippen LogP contribution is -2.41. The average molecular weight is 479 g/mol. The van der Waals surface area contributed by atoms with E-state index in [-0.39, 0.29) is 31.5 Å². The Hall–Kier alpha value is -4.39. The molecule has 0 saturated carbocycles. The summed E-state index contributed by atoms with van der Waals surface area (Å²) in [6, 6.07) is 13.0. The SMILES string of the molecule is CCOC(=O)N(C(=O)OCC)C1=C(C#N)C(c2ccc3c(c2)OCO3)c2ccc(N(C)C)cc2O1. The van der Waals surface area contributed by atoms with Gasteiger partial charge in [-0.1, -0.05) is 12.1 Å². The minimum atomic E-state index is -1.01. The number of nitrogens with zero attached hydrogens (tertiary/aromatic N) is 3. The Bertz CT molecular complexity index is 1210. The Balaban J connectivity index is 1.93. The molecule has 182 valence electrons. The van der Waals surface area contributed by atoms with E-state index in [0.717, 1.165) is 5.69 Å². The highest BCUT2D eigenvalue weighted by atomic mass is 16.7. The second-order valence-corrected chi connectivity index (χ2v) is 7.83. The van der Waals surface area contributed by atoms with E-state index in [9.17, 15) is 14.9 Å². The van der Waals surface area contributed by atoms with Gasteiger partial charge in [0.05, 0.1) is 19.1 Å². The van der Waals surface area contributed by atoms with Gasteiger partial charge in [-0.05, 0) is 37.6 Å². The zero-order valence-corrected chi connectivity index (χ0v) is 19.9. The van der Waals surface area contributed by atoms with Crippen LogP contribution < -0.4 is 19.1 Å². The van der Waals surface area contributed by atoms with Crippen molar-refractivity contribution in [3.8, 4) is 23.3 Å². The normalized spacial score (nSPS) is 15.5. The van der Waals surface area contributed by atoms with Gasteiger partial charge in [0.15, 0.2) is 11.5 Å². The number of imide groups is 1. The molecule has 2 heterocycles. The Labute approximate surface area is 202 Å². The van der Waals surface area contributed by atoms with Crippen LogP contribution in [0.2, 0.25) is 0 Å². The third-order valence-corrected chi connectivity index (χ3v) is 5.50. The maximum atomic E-state index is 12.8. The van der Waals surface area contributed by atoms with Crippen molar-refractivity contribution in [1.82, 2.24) is 4.90 Å². The van der Waals surface area contributed by atoms with E-state index in [1.807, 2.05) is 31.1 Å². The van der Waals surface area contributed by atoms with E-state index >= 15 is 0 Å². The molecule has 0 aromatic heterocycles. The molecule has 2 aliphatic rings. The molecule has 1 atom stereocenters. The third-order valence-electron chi connectivity index (χ3n) is 5.50. The molecule has 10 heteroatoms. The van der Waals surface area contributed by atoms with E-state index < -0.39 is 18.1 Å². The van der Waals surface area contributed by atoms with Crippen molar-refractivity contribution in [3.05, 3.63) is 59.0 Å². The number of hydrogen-bond acceptors (Lipinski definition) is 9. The minimum absolute atomic E-state index is 0.0108. The minimum Gasteiger partial charge on any atom is -0.454 e. The molecular formula is C25H25N3O7. The lowest BCUT2D eigenvalue weighted by molar-refractivity contribution is 0.0766. The van der Waals surface area contributed by atoms with Crippen LogP contribution in [0.25, 0.3) is 0 Å². The van der Waals surface area contributed by atoms with Crippen LogP contribution in [0.1, 0.15) is 30.9 Å². The van der Waals surface area contributed by atoms with Crippen molar-refractivity contribution in [2.45, 2.75) is 19.8 Å². The Kier molecular flexibility index (Phi) is 6.68. The summed E-state index contributed by atoms with van der Waals surface area (Å²) >= 11 is 0. The van der Waals surface area contributed by atoms with E-state index in [1.54, 1.807) is 38.1 Å². The molecular weight excluding hydrogens is 454 g/mol. The van der Waals surface area contributed by atoms with Gasteiger partial charge >= 0.3 is 12.2 Å². The fourth-order valence-electron chi connectivity index (χ4n) is 3.90. The molecule has 35 heavy (non-hydrogen) atoms. The molecule has 4 rings (SSSR count). The molecule has 0 saturated heterocycles. The first kappa shape index (κ1) is 23.8. The van der Waals surface area contributed by atoms with Gasteiger partial charge in [-0.3, -0.25) is 0 Å². The lowest BCUT2D eigenvalue weighted by atomic mass is 9.83. The number of fused-ring (bicyclic) bond motifs is 2. The van der Waals surface area contributed by atoms with E-state index in [2.05, 4.69) is 6.07 Å². The van der Waals surface area contributed by atoms with Crippen molar-refractivity contribution in [1.29, 1.82) is 5.26 Å². The molecule has 0 N–H and O–H groups in total. The Morgan fingerprint density at radius 2 is 1.69 bits per heavy atom. The lowest BCUT2D eigenvalue weighted by Gasteiger charge is -2.32. The van der Waals surface area contributed by atoms with Gasteiger partial charge in [-0.25, -0.2) is 9.59 Å². The number of rotatable bonds is 5. The van der Waals surface area contributed by atoms with Crippen molar-refractivity contribution >= 4 is 17.9 Å². The summed E-state index contributed by atoms with van der Waals surface area (Å²) in [6.45, 7) is 3.34. The maximum absolute atomic E-state index is 12.8. The summed E-state index contributed by atoms with van der Waals surface area (Å²) in [5.41, 5.74) is 2.24. The fourth-order valence-corrected chi connectivity index (χ4v) is 3.90. The summed E-state index contributed by atoms with van der Waals surface area (Å²) in [4.78, 5) is 28.2. The van der Waals surface area contributed by atoms with Crippen LogP contribution in [-0.4, -0.2) is 51.2 Å². The second kappa shape index (κ2) is 9.85. The molecule has 2 aromatic rings. The number of carbonyl (C=O) groups is 2. The van der Waals surface area contributed by atoms with Gasteiger partial charge in [0, 0.05) is 31.4 Å². The Morgan fingerprint density at radius 1 is 1.00 bits per heavy atom. The van der Waals surface area contributed by atoms with E-state index in [1.165, 1.54) is 0 Å². The monoisotopic (exact) mass is 479 g/mol. The van der Waals surface area contributed by atoms with Crippen LogP contribution in [0.4, 0.5) is 15.3 Å². The van der Waals surface area contributed by atoms with Crippen molar-refractivity contribution < 1.29 is 33.3 Å². The number of anilines is 1. The number of carbonyl (C=O) groups excluding carboxylic acids is 2. The molecule has 2 aromatic carbocycles. The Morgan fingerprint density at radius 3 is 2.31 bits per heavy atom. The molecule has 0 aliphatic carbocycles. The van der Waals surface area contributed by atoms with E-state index in [4.69, 9.17) is 23.7 Å². The predicted molar refractivity (Wildman–Crippen MR) is 124 cm³/mol. The standard InChI is InChI=1S/C25H25N3O7/c1-5-31-24(29)28(25(30)32-6-2)23-18(13-26)22(15-7-10-19-21(11-15)34-14-33-19)17-9-8-16(27(3)4)12-20(17)35-23/h7-12,22H,5-6,14H2,1-4H3. The fraction of sp³-hybridized carbons (Fsp3) is 0.320. The van der Waals surface area contributed by atoms with Crippen LogP contribution in [0.3, 0.4) is 0 Å². The summed E-state index contributed by atoms with van der Waals surface area (Å²) in [5, 5.41) is 10.2. The quantitative estimate of drug-likeness (QED) is 0.618. The topological polar surface area (TPSA) is 111 Å². The second-order valence-electron chi connectivity index (χ2n) is 7.83. The molecule has 10 nitrogen and oxygen atoms in total. The van der Waals surface area contributed by atoms with Crippen LogP contribution >= 0.6 is 0 Å². The number of amides is 2. The number of ether oxygens (including phenoxy) is 5. The van der Waals surface area contributed by atoms with Crippen molar-refractivity contribution in [3.63, 3.8) is 0 Å². The summed E-state index contributed by atoms with van der Waals surface area (Å²) in [6.07, 6.45) is -2.02. The number of hydrogen-bond donors (Lipinski definition) is 0. The van der Waals surface area contributed by atoms with Gasteiger partial charge in [0.25, 0.3) is 0 Å². The molecule has 2 amide bonds. The predicted octanol–water partition coefficient (Wildman–Crippen LogP) is 4.36. The van der Waals surface area contributed by atoms with Crippen molar-refractivity contribution in [2.75, 3.05) is 39.0 Å². The first-order chi connectivity index (χ1) is 16.9. The highest BCUT2D eigenvalue weighted by molar-refractivity contribution is 5.90. The summed E-state index contributed by atoms with van der Waals surface area (Å²) < 4.78 is 27.2. The zero-order chi connectivity index (χ0) is 25.1. The highest BCUT2D eigenvalue weighted by Gasteiger charge is 2.40. The third kappa shape index (κ3) is 4.40. The average Bonchev–Trinajstić information content (AvgIpc) is 3.31. The smallest absolute Gasteiger partial charge is 0.426 e. The molecule has 0 radical (unpaired) electrons. The largest absolute Gasteiger partial charge is 0.454 e. The number of allylic oxidation sites excluding steroid dienone is 1. The van der Waals surface area contributed by atoms with Crippen LogP contribution in [0.5, 0.6) is 17.2 Å². The summed E-state index contributed by atoms with van der Waals surface area (Å²) in [7, 11) is 3.75. The summed E-state index contributed by atoms with van der Waals surface area (Å²) in [5.74, 6) is 0.566. The van der Waals surface area contributed by atoms with Crippen LogP contribution in [0, 0.1) is 11.3 Å².